The molecule has 4 heterocycles. The predicted octanol–water partition coefficient (Wildman–Crippen LogP) is 2.40. The number of anilines is 2. The summed E-state index contributed by atoms with van der Waals surface area (Å²) in [5, 5.41) is 33.9. The number of aliphatic hydroxyl groups is 1. The van der Waals surface area contributed by atoms with Gasteiger partial charge < -0.3 is 26.4 Å². The minimum atomic E-state index is -4.75. The Morgan fingerprint density at radius 3 is 2.78 bits per heavy atom. The van der Waals surface area contributed by atoms with Gasteiger partial charge in [0.05, 0.1) is 35.7 Å². The van der Waals surface area contributed by atoms with E-state index in [1.54, 1.807) is 31.2 Å². The lowest BCUT2D eigenvalue weighted by molar-refractivity contribution is -0.141. The summed E-state index contributed by atoms with van der Waals surface area (Å²) in [6, 6.07) is 6.07. The van der Waals surface area contributed by atoms with E-state index in [-0.39, 0.29) is 53.7 Å². The maximum absolute atomic E-state index is 13.8. The van der Waals surface area contributed by atoms with Gasteiger partial charge in [0.15, 0.2) is 17.2 Å². The van der Waals surface area contributed by atoms with E-state index in [9.17, 15) is 27.9 Å². The standard InChI is InChI=1S/C29H31F3N10O3/c1-3-17-10-18(4-5-20(17)27(44)38-16(2)12-37-28(45)22-11-19(43)13-35-22)39-25-26-36-14-23(42(26)9-7-34-25)21-15-41(8-6-33)40-24(21)29(30,31)32/h4-5,7,9-10,14-16,19,22,35,43H,3,8,11-13H2,1-2H3,(H,34,39)(H,37,45)(H,38,44)/t16?,19-,22+/m1/s1. The van der Waals surface area contributed by atoms with Gasteiger partial charge in [0.1, 0.15) is 6.54 Å². The summed E-state index contributed by atoms with van der Waals surface area (Å²) in [4.78, 5) is 34.0. The van der Waals surface area contributed by atoms with Crippen LogP contribution in [0.5, 0.6) is 0 Å². The number of alkyl halides is 3. The number of aryl methyl sites for hydroxylation is 1. The van der Waals surface area contributed by atoms with Gasteiger partial charge in [0.25, 0.3) is 5.91 Å². The Morgan fingerprint density at radius 1 is 1.29 bits per heavy atom. The number of hydrogen-bond donors (Lipinski definition) is 5. The van der Waals surface area contributed by atoms with Crippen molar-refractivity contribution in [1.29, 1.82) is 5.26 Å². The SMILES string of the molecule is CCc1cc(Nc2nccn3c(-c4cn(CC#N)nc4C(F)(F)F)cnc23)ccc1C(=O)NC(C)CNC(=O)[C@@H]1C[C@@H](O)CN1. The Balaban J connectivity index is 1.31. The summed E-state index contributed by atoms with van der Waals surface area (Å²) in [5.74, 6) is -0.278. The third-order valence-corrected chi connectivity index (χ3v) is 7.34. The van der Waals surface area contributed by atoms with Crippen LogP contribution in [-0.4, -0.2) is 72.3 Å². The van der Waals surface area contributed by atoms with Crippen LogP contribution in [0.15, 0.2) is 43.0 Å². The number of carbonyl (C=O) groups excluding carboxylic acids is 2. The summed E-state index contributed by atoms with van der Waals surface area (Å²) >= 11 is 0. The molecule has 0 spiro atoms. The van der Waals surface area contributed by atoms with E-state index in [0.29, 0.717) is 30.6 Å². The van der Waals surface area contributed by atoms with Gasteiger partial charge in [-0.2, -0.15) is 23.5 Å². The van der Waals surface area contributed by atoms with E-state index in [1.807, 2.05) is 6.92 Å². The molecule has 0 saturated carbocycles. The number of aliphatic hydroxyl groups excluding tert-OH is 1. The van der Waals surface area contributed by atoms with Gasteiger partial charge >= 0.3 is 6.18 Å². The highest BCUT2D eigenvalue weighted by molar-refractivity contribution is 5.96. The Morgan fingerprint density at radius 2 is 2.09 bits per heavy atom. The number of benzene rings is 1. The normalized spacial score (nSPS) is 17.2. The molecule has 5 rings (SSSR count). The van der Waals surface area contributed by atoms with Crippen LogP contribution in [0.2, 0.25) is 0 Å². The van der Waals surface area contributed by atoms with Crippen LogP contribution in [0.3, 0.4) is 0 Å². The molecular weight excluding hydrogens is 593 g/mol. The number of fused-ring (bicyclic) bond motifs is 1. The van der Waals surface area contributed by atoms with Crippen LogP contribution < -0.4 is 21.3 Å². The average molecular weight is 625 g/mol. The molecule has 16 heteroatoms. The number of imidazole rings is 1. The van der Waals surface area contributed by atoms with Crippen molar-refractivity contribution < 1.29 is 27.9 Å². The van der Waals surface area contributed by atoms with Gasteiger partial charge in [-0.05, 0) is 43.5 Å². The van der Waals surface area contributed by atoms with Crippen molar-refractivity contribution in [3.63, 3.8) is 0 Å². The minimum Gasteiger partial charge on any atom is -0.392 e. The van der Waals surface area contributed by atoms with Crippen LogP contribution in [0.4, 0.5) is 24.7 Å². The molecule has 0 radical (unpaired) electrons. The first kappa shape index (κ1) is 31.4. The molecule has 1 saturated heterocycles. The van der Waals surface area contributed by atoms with Gasteiger partial charge in [-0.25, -0.2) is 9.97 Å². The first-order chi connectivity index (χ1) is 21.5. The fourth-order valence-electron chi connectivity index (χ4n) is 5.15. The molecule has 3 aromatic heterocycles. The average Bonchev–Trinajstić information content (AvgIpc) is 3.74. The molecule has 13 nitrogen and oxygen atoms in total. The first-order valence-electron chi connectivity index (χ1n) is 14.2. The third kappa shape index (κ3) is 6.89. The van der Waals surface area contributed by atoms with E-state index in [1.165, 1.54) is 23.0 Å². The molecule has 1 fully saturated rings. The molecule has 4 aromatic rings. The summed E-state index contributed by atoms with van der Waals surface area (Å²) < 4.78 is 43.7. The summed E-state index contributed by atoms with van der Waals surface area (Å²) in [6.45, 7) is 3.90. The zero-order chi connectivity index (χ0) is 32.3. The van der Waals surface area contributed by atoms with Gasteiger partial charge in [-0.1, -0.05) is 6.92 Å². The van der Waals surface area contributed by atoms with E-state index in [4.69, 9.17) is 5.26 Å². The second kappa shape index (κ2) is 12.9. The van der Waals surface area contributed by atoms with Gasteiger partial charge in [-0.3, -0.25) is 18.7 Å². The van der Waals surface area contributed by atoms with Crippen molar-refractivity contribution in [2.45, 2.75) is 57.6 Å². The summed E-state index contributed by atoms with van der Waals surface area (Å²) in [5.41, 5.74) is 0.780. The fraction of sp³-hybridized carbons (Fsp3) is 0.379. The van der Waals surface area contributed by atoms with Crippen molar-refractivity contribution in [2.24, 2.45) is 0 Å². The van der Waals surface area contributed by atoms with E-state index >= 15 is 0 Å². The molecular formula is C29H31F3N10O3. The number of rotatable bonds is 10. The maximum atomic E-state index is 13.8. The second-order valence-electron chi connectivity index (χ2n) is 10.7. The number of aromatic nitrogens is 5. The molecule has 236 valence electrons. The quantitative estimate of drug-likeness (QED) is 0.178. The van der Waals surface area contributed by atoms with E-state index < -0.39 is 24.0 Å². The first-order valence-corrected chi connectivity index (χ1v) is 14.2. The molecule has 1 aliphatic heterocycles. The van der Waals surface area contributed by atoms with Crippen molar-refractivity contribution in [1.82, 2.24) is 40.1 Å². The fourth-order valence-corrected chi connectivity index (χ4v) is 5.15. The van der Waals surface area contributed by atoms with Crippen LogP contribution in [0, 0.1) is 11.3 Å². The van der Waals surface area contributed by atoms with Crippen molar-refractivity contribution in [2.75, 3.05) is 18.4 Å². The molecule has 1 aliphatic rings. The molecule has 45 heavy (non-hydrogen) atoms. The number of nitriles is 1. The number of amides is 2. The highest BCUT2D eigenvalue weighted by atomic mass is 19.4. The summed E-state index contributed by atoms with van der Waals surface area (Å²) in [6.07, 6.45) is 0.905. The Labute approximate surface area is 255 Å². The number of halogens is 3. The Kier molecular flexibility index (Phi) is 9.02. The zero-order valence-corrected chi connectivity index (χ0v) is 24.4. The van der Waals surface area contributed by atoms with Crippen LogP contribution in [-0.2, 0) is 23.9 Å². The van der Waals surface area contributed by atoms with Crippen molar-refractivity contribution in [3.05, 3.63) is 59.8 Å². The number of nitrogens with one attached hydrogen (secondary N) is 4. The smallest absolute Gasteiger partial charge is 0.392 e. The van der Waals surface area contributed by atoms with Crippen LogP contribution >= 0.6 is 0 Å². The van der Waals surface area contributed by atoms with Gasteiger partial charge in [0, 0.05) is 49.0 Å². The number of β-amino-alcohol motifs (C(OH)–C–C–N with tert-alkyl or cyclic N) is 1. The monoisotopic (exact) mass is 624 g/mol. The Hall–Kier alpha value is -5.01. The number of hydrogen-bond acceptors (Lipinski definition) is 9. The highest BCUT2D eigenvalue weighted by Gasteiger charge is 2.38. The van der Waals surface area contributed by atoms with Gasteiger partial charge in [0.2, 0.25) is 5.91 Å². The lowest BCUT2D eigenvalue weighted by atomic mass is 10.0. The van der Waals surface area contributed by atoms with E-state index in [0.717, 1.165) is 16.4 Å². The molecule has 1 unspecified atom stereocenters. The molecule has 5 N–H and O–H groups in total. The lowest BCUT2D eigenvalue weighted by Gasteiger charge is -2.18. The molecule has 2 amide bonds. The third-order valence-electron chi connectivity index (χ3n) is 7.34. The van der Waals surface area contributed by atoms with Crippen LogP contribution in [0.1, 0.15) is 41.9 Å². The molecule has 0 bridgehead atoms. The number of nitrogens with zero attached hydrogens (tertiary/aromatic N) is 6. The van der Waals surface area contributed by atoms with E-state index in [2.05, 4.69) is 36.3 Å². The summed E-state index contributed by atoms with van der Waals surface area (Å²) in [7, 11) is 0. The topological polar surface area (TPSA) is 174 Å². The van der Waals surface area contributed by atoms with Crippen molar-refractivity contribution in [3.8, 4) is 17.3 Å². The maximum Gasteiger partial charge on any atom is 0.435 e. The number of carbonyl (C=O) groups is 2. The van der Waals surface area contributed by atoms with Crippen molar-refractivity contribution >= 4 is 29.0 Å². The molecule has 0 aliphatic carbocycles. The lowest BCUT2D eigenvalue weighted by Crippen LogP contribution is -2.46. The highest BCUT2D eigenvalue weighted by Crippen LogP contribution is 2.37. The molecule has 3 atom stereocenters. The Bertz CT molecular complexity index is 1760. The minimum absolute atomic E-state index is 0.121. The second-order valence-corrected chi connectivity index (χ2v) is 10.7. The van der Waals surface area contributed by atoms with Crippen LogP contribution in [0.25, 0.3) is 16.9 Å². The zero-order valence-electron chi connectivity index (χ0n) is 24.4. The molecule has 1 aromatic carbocycles. The van der Waals surface area contributed by atoms with Gasteiger partial charge in [-0.15, -0.1) is 0 Å². The predicted molar refractivity (Wildman–Crippen MR) is 156 cm³/mol. The largest absolute Gasteiger partial charge is 0.435 e.